The Morgan fingerprint density at radius 2 is 2.36 bits per heavy atom. The number of nitrogens with one attached hydrogen (secondary N) is 1. The third-order valence-corrected chi connectivity index (χ3v) is 1.99. The van der Waals surface area contributed by atoms with Gasteiger partial charge in [-0.3, -0.25) is 5.10 Å². The molecule has 0 unspecified atom stereocenters. The van der Waals surface area contributed by atoms with Crippen LogP contribution in [0.1, 0.15) is 12.7 Å². The van der Waals surface area contributed by atoms with Gasteiger partial charge in [0.05, 0.1) is 0 Å². The fourth-order valence-corrected chi connectivity index (χ4v) is 1.21. The van der Waals surface area contributed by atoms with Crippen molar-refractivity contribution in [3.05, 3.63) is 23.7 Å². The second kappa shape index (κ2) is 3.17. The number of hydrogen-bond donors (Lipinski definition) is 2. The van der Waals surface area contributed by atoms with Crippen molar-refractivity contribution in [1.82, 2.24) is 10.2 Å². The number of aryl methyl sites for hydroxylation is 1. The first-order valence-corrected chi connectivity index (χ1v) is 4.30. The molecule has 0 atom stereocenters. The Labute approximate surface area is 79.9 Å². The predicted molar refractivity (Wildman–Crippen MR) is 50.0 cm³/mol. The van der Waals surface area contributed by atoms with Crippen molar-refractivity contribution in [2.45, 2.75) is 13.3 Å². The summed E-state index contributed by atoms with van der Waals surface area (Å²) in [7, 11) is 0. The van der Waals surface area contributed by atoms with Gasteiger partial charge in [-0.2, -0.15) is 5.10 Å². The second-order valence-electron chi connectivity index (χ2n) is 2.92. The summed E-state index contributed by atoms with van der Waals surface area (Å²) in [6, 6.07) is 3.49. The Morgan fingerprint density at radius 3 is 2.86 bits per heavy atom. The highest BCUT2D eigenvalue weighted by Gasteiger charge is 2.14. The topological polar surface area (TPSA) is 67.8 Å². The molecule has 0 amide bonds. The molecule has 2 aromatic heterocycles. The minimum atomic E-state index is -0.568. The smallest absolute Gasteiger partial charge is 0.195 e. The fourth-order valence-electron chi connectivity index (χ4n) is 1.21. The van der Waals surface area contributed by atoms with Gasteiger partial charge in [0, 0.05) is 6.42 Å². The lowest BCUT2D eigenvalue weighted by Crippen LogP contribution is -1.86. The van der Waals surface area contributed by atoms with Crippen molar-refractivity contribution in [3.8, 4) is 11.5 Å². The van der Waals surface area contributed by atoms with E-state index in [-0.39, 0.29) is 11.5 Å². The van der Waals surface area contributed by atoms with Gasteiger partial charge in [-0.25, -0.2) is 4.39 Å². The van der Waals surface area contributed by atoms with Gasteiger partial charge in [0.2, 0.25) is 0 Å². The molecule has 0 aliphatic rings. The number of hydrogen-bond acceptors (Lipinski definition) is 3. The van der Waals surface area contributed by atoms with E-state index in [2.05, 4.69) is 10.2 Å². The van der Waals surface area contributed by atoms with Crippen molar-refractivity contribution in [2.24, 2.45) is 0 Å². The van der Waals surface area contributed by atoms with Gasteiger partial charge in [0.15, 0.2) is 17.4 Å². The molecule has 0 saturated carbocycles. The van der Waals surface area contributed by atoms with E-state index in [1.165, 1.54) is 0 Å². The molecule has 0 fully saturated rings. The highest BCUT2D eigenvalue weighted by Crippen LogP contribution is 2.25. The monoisotopic (exact) mass is 195 g/mol. The van der Waals surface area contributed by atoms with Gasteiger partial charge in [0.25, 0.3) is 0 Å². The summed E-state index contributed by atoms with van der Waals surface area (Å²) in [6.07, 6.45) is 0.769. The van der Waals surface area contributed by atoms with E-state index in [1.54, 1.807) is 12.1 Å². The number of nitrogens with two attached hydrogens (primary N) is 1. The average molecular weight is 195 g/mol. The zero-order chi connectivity index (χ0) is 10.1. The van der Waals surface area contributed by atoms with Gasteiger partial charge in [0.1, 0.15) is 11.5 Å². The number of anilines is 1. The molecule has 14 heavy (non-hydrogen) atoms. The molecule has 5 heteroatoms. The first-order valence-electron chi connectivity index (χ1n) is 4.30. The summed E-state index contributed by atoms with van der Waals surface area (Å²) in [5.41, 5.74) is 5.45. The van der Waals surface area contributed by atoms with Crippen LogP contribution in [0.3, 0.4) is 0 Å². The highest BCUT2D eigenvalue weighted by atomic mass is 19.1. The van der Waals surface area contributed by atoms with Crippen LogP contribution in [0.15, 0.2) is 16.5 Å². The summed E-state index contributed by atoms with van der Waals surface area (Å²) >= 11 is 0. The van der Waals surface area contributed by atoms with Crippen LogP contribution in [0, 0.1) is 5.82 Å². The number of nitrogen functional groups attached to an aromatic ring is 1. The molecule has 0 aromatic carbocycles. The molecule has 74 valence electrons. The molecule has 3 N–H and O–H groups in total. The van der Waals surface area contributed by atoms with Crippen LogP contribution >= 0.6 is 0 Å². The summed E-state index contributed by atoms with van der Waals surface area (Å²) in [5, 5.41) is 6.03. The van der Waals surface area contributed by atoms with E-state index in [0.29, 0.717) is 5.76 Å². The predicted octanol–water partition coefficient (Wildman–Crippen LogP) is 1.95. The van der Waals surface area contributed by atoms with E-state index < -0.39 is 5.82 Å². The lowest BCUT2D eigenvalue weighted by molar-refractivity contribution is 0.522. The van der Waals surface area contributed by atoms with E-state index in [9.17, 15) is 4.39 Å². The van der Waals surface area contributed by atoms with Gasteiger partial charge >= 0.3 is 0 Å². The number of H-pyrrole nitrogens is 1. The Kier molecular flexibility index (Phi) is 1.99. The zero-order valence-electron chi connectivity index (χ0n) is 7.67. The SMILES string of the molecule is CCc1ccc(-c2[nH]nc(N)c2F)o1. The second-order valence-corrected chi connectivity index (χ2v) is 2.92. The molecule has 2 aromatic rings. The molecular weight excluding hydrogens is 185 g/mol. The molecular formula is C9H10FN3O. The summed E-state index contributed by atoms with van der Waals surface area (Å²) in [5.74, 6) is 0.507. The number of halogens is 1. The van der Waals surface area contributed by atoms with Crippen LogP contribution in [-0.2, 0) is 6.42 Å². The first-order chi connectivity index (χ1) is 6.72. The molecule has 0 spiro atoms. The van der Waals surface area contributed by atoms with Crippen molar-refractivity contribution >= 4 is 5.82 Å². The van der Waals surface area contributed by atoms with Gasteiger partial charge in [-0.15, -0.1) is 0 Å². The van der Waals surface area contributed by atoms with Crippen molar-refractivity contribution < 1.29 is 8.81 Å². The standard InChI is InChI=1S/C9H10FN3O/c1-2-5-3-4-6(14-5)8-7(10)9(11)13-12-8/h3-4H,2H2,1H3,(H3,11,12,13). The summed E-state index contributed by atoms with van der Waals surface area (Å²) in [4.78, 5) is 0. The lowest BCUT2D eigenvalue weighted by atomic mass is 10.3. The number of aromatic nitrogens is 2. The van der Waals surface area contributed by atoms with Crippen LogP contribution in [-0.4, -0.2) is 10.2 Å². The van der Waals surface area contributed by atoms with Crippen LogP contribution in [0.2, 0.25) is 0 Å². The summed E-state index contributed by atoms with van der Waals surface area (Å²) in [6.45, 7) is 1.96. The number of aromatic amines is 1. The zero-order valence-corrected chi connectivity index (χ0v) is 7.67. The fraction of sp³-hybridized carbons (Fsp3) is 0.222. The van der Waals surface area contributed by atoms with Gasteiger partial charge in [-0.05, 0) is 12.1 Å². The highest BCUT2D eigenvalue weighted by molar-refractivity contribution is 5.57. The first kappa shape index (κ1) is 8.80. The van der Waals surface area contributed by atoms with Crippen LogP contribution in [0.4, 0.5) is 10.2 Å². The van der Waals surface area contributed by atoms with Gasteiger partial charge in [-0.1, -0.05) is 6.92 Å². The maximum absolute atomic E-state index is 13.3. The third kappa shape index (κ3) is 1.26. The molecule has 0 bridgehead atoms. The van der Waals surface area contributed by atoms with E-state index in [4.69, 9.17) is 10.2 Å². The summed E-state index contributed by atoms with van der Waals surface area (Å²) < 4.78 is 18.6. The van der Waals surface area contributed by atoms with E-state index >= 15 is 0 Å². The van der Waals surface area contributed by atoms with Crippen LogP contribution in [0.5, 0.6) is 0 Å². The molecule has 4 nitrogen and oxygen atoms in total. The van der Waals surface area contributed by atoms with Gasteiger partial charge < -0.3 is 10.2 Å². The van der Waals surface area contributed by atoms with Crippen molar-refractivity contribution in [3.63, 3.8) is 0 Å². The molecule has 0 aliphatic heterocycles. The maximum atomic E-state index is 13.3. The number of furan rings is 1. The lowest BCUT2D eigenvalue weighted by Gasteiger charge is -1.91. The molecule has 0 saturated heterocycles. The molecule has 0 radical (unpaired) electrons. The largest absolute Gasteiger partial charge is 0.459 e. The molecule has 2 heterocycles. The van der Waals surface area contributed by atoms with Crippen molar-refractivity contribution in [2.75, 3.05) is 5.73 Å². The van der Waals surface area contributed by atoms with Crippen molar-refractivity contribution in [1.29, 1.82) is 0 Å². The number of nitrogens with zero attached hydrogens (tertiary/aromatic N) is 1. The maximum Gasteiger partial charge on any atom is 0.195 e. The Balaban J connectivity index is 2.44. The Hall–Kier alpha value is -1.78. The van der Waals surface area contributed by atoms with E-state index in [0.717, 1.165) is 12.2 Å². The van der Waals surface area contributed by atoms with Crippen LogP contribution < -0.4 is 5.73 Å². The number of rotatable bonds is 2. The Morgan fingerprint density at radius 1 is 1.57 bits per heavy atom. The van der Waals surface area contributed by atoms with E-state index in [1.807, 2.05) is 6.92 Å². The minimum absolute atomic E-state index is 0.144. The molecule has 0 aliphatic carbocycles. The third-order valence-electron chi connectivity index (χ3n) is 1.99. The quantitative estimate of drug-likeness (QED) is 0.769. The normalized spacial score (nSPS) is 10.7. The minimum Gasteiger partial charge on any atom is -0.459 e. The Bertz CT molecular complexity index is 447. The molecule has 2 rings (SSSR count). The average Bonchev–Trinajstić information content (AvgIpc) is 2.75. The van der Waals surface area contributed by atoms with Crippen LogP contribution in [0.25, 0.3) is 11.5 Å².